The summed E-state index contributed by atoms with van der Waals surface area (Å²) >= 11 is 13.8. The van der Waals surface area contributed by atoms with Crippen LogP contribution in [0.2, 0.25) is 0 Å². The molecule has 0 spiro atoms. The number of aryl methyl sites for hydroxylation is 2. The molecule has 0 aliphatic carbocycles. The van der Waals surface area contributed by atoms with Crippen LogP contribution in [0, 0.1) is 0 Å². The Morgan fingerprint density at radius 3 is 1.71 bits per heavy atom. The third-order valence-electron chi connectivity index (χ3n) is 4.92. The van der Waals surface area contributed by atoms with E-state index in [1.807, 2.05) is 0 Å². The number of rotatable bonds is 7. The maximum Gasteiger partial charge on any atom is 0.147 e. The largest absolute Gasteiger partial charge is 0.147 e. The standard InChI is InChI=1S/C22H28Cl2/c1-5-16-11-9-13-18(19(16)7-3)15-22(23,24)21-14-10-12-17(6-2)20(21)8-4/h9-14H,5-8,15H2,1-4H3. The van der Waals surface area contributed by atoms with Crippen LogP contribution in [-0.4, -0.2) is 0 Å². The van der Waals surface area contributed by atoms with Gasteiger partial charge in [-0.2, -0.15) is 0 Å². The minimum absolute atomic E-state index is 0.646. The van der Waals surface area contributed by atoms with Crippen molar-refractivity contribution in [3.63, 3.8) is 0 Å². The average molecular weight is 363 g/mol. The second-order valence-corrected chi connectivity index (χ2v) is 7.78. The van der Waals surface area contributed by atoms with Crippen LogP contribution in [0.4, 0.5) is 0 Å². The second-order valence-electron chi connectivity index (χ2n) is 6.29. The van der Waals surface area contributed by atoms with E-state index < -0.39 is 4.33 Å². The fourth-order valence-electron chi connectivity index (χ4n) is 3.70. The van der Waals surface area contributed by atoms with Gasteiger partial charge in [-0.15, -0.1) is 0 Å². The highest BCUT2D eigenvalue weighted by Crippen LogP contribution is 2.41. The molecular formula is C22H28Cl2. The molecule has 0 nitrogen and oxygen atoms in total. The quantitative estimate of drug-likeness (QED) is 0.474. The second kappa shape index (κ2) is 8.41. The number of hydrogen-bond donors (Lipinski definition) is 0. The molecule has 0 N–H and O–H groups in total. The van der Waals surface area contributed by atoms with Gasteiger partial charge in [0.25, 0.3) is 0 Å². The number of alkyl halides is 2. The van der Waals surface area contributed by atoms with Gasteiger partial charge in [0.15, 0.2) is 0 Å². The lowest BCUT2D eigenvalue weighted by Gasteiger charge is -2.26. The zero-order valence-corrected chi connectivity index (χ0v) is 16.8. The lowest BCUT2D eigenvalue weighted by atomic mass is 9.89. The molecule has 24 heavy (non-hydrogen) atoms. The molecule has 0 heterocycles. The van der Waals surface area contributed by atoms with Gasteiger partial charge in [-0.05, 0) is 59.1 Å². The molecule has 2 aromatic rings. The summed E-state index contributed by atoms with van der Waals surface area (Å²) in [6.07, 6.45) is 4.66. The first kappa shape index (κ1) is 19.3. The van der Waals surface area contributed by atoms with E-state index in [0.717, 1.165) is 31.2 Å². The first-order valence-corrected chi connectivity index (χ1v) is 9.82. The van der Waals surface area contributed by atoms with E-state index in [4.69, 9.17) is 23.2 Å². The van der Waals surface area contributed by atoms with Crippen molar-refractivity contribution in [2.75, 3.05) is 0 Å². The maximum absolute atomic E-state index is 6.90. The van der Waals surface area contributed by atoms with Crippen LogP contribution >= 0.6 is 23.2 Å². The van der Waals surface area contributed by atoms with Gasteiger partial charge in [0.2, 0.25) is 0 Å². The third kappa shape index (κ3) is 3.98. The molecule has 2 heteroatoms. The first-order valence-electron chi connectivity index (χ1n) is 9.07. The van der Waals surface area contributed by atoms with Crippen molar-refractivity contribution in [3.8, 4) is 0 Å². The summed E-state index contributed by atoms with van der Waals surface area (Å²) < 4.78 is -0.896. The molecular weight excluding hydrogens is 335 g/mol. The van der Waals surface area contributed by atoms with E-state index in [0.29, 0.717) is 6.42 Å². The molecule has 0 aliphatic rings. The van der Waals surface area contributed by atoms with Gasteiger partial charge < -0.3 is 0 Å². The SMILES string of the molecule is CCc1cccc(CC(Cl)(Cl)c2cccc(CC)c2CC)c1CC. The van der Waals surface area contributed by atoms with Crippen LogP contribution < -0.4 is 0 Å². The molecule has 2 rings (SSSR count). The summed E-state index contributed by atoms with van der Waals surface area (Å²) in [5.74, 6) is 0. The zero-order chi connectivity index (χ0) is 17.7. The minimum atomic E-state index is -0.896. The summed E-state index contributed by atoms with van der Waals surface area (Å²) in [7, 11) is 0. The smallest absolute Gasteiger partial charge is 0.0959 e. The van der Waals surface area contributed by atoms with Crippen molar-refractivity contribution >= 4 is 23.2 Å². The van der Waals surface area contributed by atoms with Gasteiger partial charge >= 0.3 is 0 Å². The molecule has 0 unspecified atom stereocenters. The van der Waals surface area contributed by atoms with Crippen LogP contribution in [0.5, 0.6) is 0 Å². The molecule has 0 saturated heterocycles. The highest BCUT2D eigenvalue weighted by Gasteiger charge is 2.30. The fourth-order valence-corrected chi connectivity index (χ4v) is 4.34. The molecule has 0 saturated carbocycles. The third-order valence-corrected chi connectivity index (χ3v) is 5.59. The van der Waals surface area contributed by atoms with Crippen LogP contribution in [0.1, 0.15) is 61.1 Å². The van der Waals surface area contributed by atoms with Crippen molar-refractivity contribution in [1.29, 1.82) is 0 Å². The Morgan fingerprint density at radius 1 is 0.667 bits per heavy atom. The lowest BCUT2D eigenvalue weighted by Crippen LogP contribution is -2.19. The van der Waals surface area contributed by atoms with Crippen molar-refractivity contribution in [1.82, 2.24) is 0 Å². The molecule has 0 aromatic heterocycles. The molecule has 0 bridgehead atoms. The van der Waals surface area contributed by atoms with Crippen LogP contribution in [0.3, 0.4) is 0 Å². The molecule has 2 aromatic carbocycles. The summed E-state index contributed by atoms with van der Waals surface area (Å²) in [5.41, 5.74) is 7.78. The Kier molecular flexibility index (Phi) is 6.78. The fraction of sp³-hybridized carbons (Fsp3) is 0.455. The summed E-state index contributed by atoms with van der Waals surface area (Å²) in [6.45, 7) is 8.77. The number of halogens is 2. The van der Waals surface area contributed by atoms with Crippen LogP contribution in [0.15, 0.2) is 36.4 Å². The molecule has 0 aliphatic heterocycles. The number of benzene rings is 2. The van der Waals surface area contributed by atoms with Crippen molar-refractivity contribution < 1.29 is 0 Å². The lowest BCUT2D eigenvalue weighted by molar-refractivity contribution is 0.799. The Balaban J connectivity index is 2.46. The molecule has 130 valence electrons. The Hall–Kier alpha value is -0.980. The Labute approximate surface area is 157 Å². The Bertz CT molecular complexity index is 686. The summed E-state index contributed by atoms with van der Waals surface area (Å²) in [4.78, 5) is 0. The first-order chi connectivity index (χ1) is 11.5. The topological polar surface area (TPSA) is 0 Å². The monoisotopic (exact) mass is 362 g/mol. The zero-order valence-electron chi connectivity index (χ0n) is 15.3. The molecule has 0 atom stereocenters. The van der Waals surface area contributed by atoms with Crippen molar-refractivity contribution in [2.45, 2.75) is 64.1 Å². The predicted octanol–water partition coefficient (Wildman–Crippen LogP) is 6.81. The van der Waals surface area contributed by atoms with Gasteiger partial charge in [-0.1, -0.05) is 87.3 Å². The van der Waals surface area contributed by atoms with E-state index in [1.165, 1.54) is 27.8 Å². The maximum atomic E-state index is 6.90. The Morgan fingerprint density at radius 2 is 1.17 bits per heavy atom. The highest BCUT2D eigenvalue weighted by molar-refractivity contribution is 6.48. The summed E-state index contributed by atoms with van der Waals surface area (Å²) in [5, 5.41) is 0. The average Bonchev–Trinajstić information content (AvgIpc) is 2.60. The molecule has 0 amide bonds. The summed E-state index contributed by atoms with van der Waals surface area (Å²) in [6, 6.07) is 12.9. The van der Waals surface area contributed by atoms with Crippen LogP contribution in [0.25, 0.3) is 0 Å². The molecule has 0 radical (unpaired) electrons. The van der Waals surface area contributed by atoms with E-state index >= 15 is 0 Å². The molecule has 0 fully saturated rings. The van der Waals surface area contributed by atoms with Gasteiger partial charge in [-0.25, -0.2) is 0 Å². The van der Waals surface area contributed by atoms with E-state index in [-0.39, 0.29) is 0 Å². The van der Waals surface area contributed by atoms with E-state index in [1.54, 1.807) is 0 Å². The minimum Gasteiger partial charge on any atom is -0.0959 e. The highest BCUT2D eigenvalue weighted by atomic mass is 35.5. The van der Waals surface area contributed by atoms with Gasteiger partial charge in [0.05, 0.1) is 0 Å². The van der Waals surface area contributed by atoms with E-state index in [9.17, 15) is 0 Å². The van der Waals surface area contributed by atoms with Gasteiger partial charge in [-0.3, -0.25) is 0 Å². The van der Waals surface area contributed by atoms with Crippen molar-refractivity contribution in [3.05, 3.63) is 69.8 Å². The predicted molar refractivity (Wildman–Crippen MR) is 107 cm³/mol. The van der Waals surface area contributed by atoms with Crippen LogP contribution in [-0.2, 0) is 36.4 Å². The number of hydrogen-bond acceptors (Lipinski definition) is 0. The van der Waals surface area contributed by atoms with Crippen molar-refractivity contribution in [2.24, 2.45) is 0 Å². The normalized spacial score (nSPS) is 11.8. The van der Waals surface area contributed by atoms with Gasteiger partial charge in [0, 0.05) is 6.42 Å². The van der Waals surface area contributed by atoms with E-state index in [2.05, 4.69) is 64.1 Å². The van der Waals surface area contributed by atoms with Gasteiger partial charge in [0.1, 0.15) is 4.33 Å².